The Bertz CT molecular complexity index is 643. The molecule has 0 unspecified atom stereocenters. The molecular weight excluding hydrogens is 497 g/mol. The first-order chi connectivity index (χ1) is 13.8. The van der Waals surface area contributed by atoms with Gasteiger partial charge >= 0.3 is 0 Å². The maximum Gasteiger partial charge on any atom is 0.244 e. The first-order valence-electron chi connectivity index (χ1n) is 10.8. The highest BCUT2D eigenvalue weighted by molar-refractivity contribution is 14.0. The number of aliphatic imine (C=N–C) groups is 1. The number of halogens is 1. The van der Waals surface area contributed by atoms with E-state index >= 15 is 0 Å². The van der Waals surface area contributed by atoms with Crippen LogP contribution >= 0.6 is 35.3 Å². The van der Waals surface area contributed by atoms with Gasteiger partial charge < -0.3 is 20.4 Å². The monoisotopic (exact) mass is 533 g/mol. The standard InChI is InChI=1S/C21H35N5OS.HI/c1-2-22-21(23-10-7-13-25-11-5-3-4-6-12-25)24-16-20(27)26-14-8-19-18(17-26)9-15-28-19;/h9,15H,2-8,10-14,16-17H2,1H3,(H2,22,23,24);1H. The zero-order chi connectivity index (χ0) is 19.6. The summed E-state index contributed by atoms with van der Waals surface area (Å²) < 4.78 is 0. The molecule has 0 aromatic carbocycles. The van der Waals surface area contributed by atoms with Crippen LogP contribution in [0.4, 0.5) is 0 Å². The summed E-state index contributed by atoms with van der Waals surface area (Å²) in [5.41, 5.74) is 1.30. The molecule has 6 nitrogen and oxygen atoms in total. The van der Waals surface area contributed by atoms with Gasteiger partial charge in [-0.2, -0.15) is 0 Å². The fourth-order valence-corrected chi connectivity index (χ4v) is 4.81. The Hall–Kier alpha value is -0.870. The van der Waals surface area contributed by atoms with E-state index in [1.54, 1.807) is 11.3 Å². The van der Waals surface area contributed by atoms with Crippen LogP contribution in [0.15, 0.2) is 16.4 Å². The highest BCUT2D eigenvalue weighted by Crippen LogP contribution is 2.23. The Morgan fingerprint density at radius 1 is 1.17 bits per heavy atom. The van der Waals surface area contributed by atoms with E-state index in [0.29, 0.717) is 0 Å². The highest BCUT2D eigenvalue weighted by Gasteiger charge is 2.21. The molecule has 1 amide bonds. The van der Waals surface area contributed by atoms with Crippen molar-refractivity contribution in [2.45, 2.75) is 52.0 Å². The van der Waals surface area contributed by atoms with Gasteiger partial charge in [0, 0.05) is 31.1 Å². The molecule has 1 saturated heterocycles. The first-order valence-corrected chi connectivity index (χ1v) is 11.7. The summed E-state index contributed by atoms with van der Waals surface area (Å²) in [6.07, 6.45) is 7.50. The van der Waals surface area contributed by atoms with Gasteiger partial charge in [-0.25, -0.2) is 4.99 Å². The SMILES string of the molecule is CCNC(=NCC(=O)N1CCc2sccc2C1)NCCCN1CCCCCC1.I. The molecule has 8 heteroatoms. The van der Waals surface area contributed by atoms with Crippen molar-refractivity contribution >= 4 is 47.2 Å². The van der Waals surface area contributed by atoms with E-state index in [-0.39, 0.29) is 36.4 Å². The van der Waals surface area contributed by atoms with Crippen molar-refractivity contribution in [1.29, 1.82) is 0 Å². The number of fused-ring (bicyclic) bond motifs is 1. The highest BCUT2D eigenvalue weighted by atomic mass is 127. The molecule has 0 bridgehead atoms. The second-order valence-corrected chi connectivity index (χ2v) is 8.67. The lowest BCUT2D eigenvalue weighted by molar-refractivity contribution is -0.130. The third-order valence-electron chi connectivity index (χ3n) is 5.52. The van der Waals surface area contributed by atoms with Gasteiger partial charge in [-0.3, -0.25) is 4.79 Å². The van der Waals surface area contributed by atoms with E-state index in [9.17, 15) is 4.79 Å². The van der Waals surface area contributed by atoms with E-state index in [1.165, 1.54) is 49.2 Å². The minimum absolute atomic E-state index is 0. The normalized spacial score (nSPS) is 17.8. The summed E-state index contributed by atoms with van der Waals surface area (Å²) in [6.45, 7) is 9.11. The van der Waals surface area contributed by atoms with Gasteiger partial charge in [-0.05, 0) is 69.3 Å². The van der Waals surface area contributed by atoms with Crippen LogP contribution in [0, 0.1) is 0 Å². The Morgan fingerprint density at radius 3 is 2.72 bits per heavy atom. The number of rotatable bonds is 7. The number of thiophene rings is 1. The Labute approximate surface area is 196 Å². The molecule has 1 fully saturated rings. The molecule has 3 rings (SSSR count). The van der Waals surface area contributed by atoms with Gasteiger partial charge in [0.15, 0.2) is 5.96 Å². The van der Waals surface area contributed by atoms with Gasteiger partial charge in [0.25, 0.3) is 0 Å². The quantitative estimate of drug-likeness (QED) is 0.245. The third-order valence-corrected chi connectivity index (χ3v) is 6.54. The lowest BCUT2D eigenvalue weighted by Gasteiger charge is -2.26. The topological polar surface area (TPSA) is 60.0 Å². The lowest BCUT2D eigenvalue weighted by Crippen LogP contribution is -2.41. The summed E-state index contributed by atoms with van der Waals surface area (Å²) in [4.78, 5) is 23.0. The average Bonchev–Trinajstić information content (AvgIpc) is 3.03. The largest absolute Gasteiger partial charge is 0.357 e. The number of guanidine groups is 1. The van der Waals surface area contributed by atoms with Gasteiger partial charge in [-0.1, -0.05) is 12.8 Å². The number of amides is 1. The zero-order valence-corrected chi connectivity index (χ0v) is 20.8. The molecular formula is C21H36IN5OS. The number of carbonyl (C=O) groups is 1. The number of hydrogen-bond acceptors (Lipinski definition) is 4. The molecule has 2 N–H and O–H groups in total. The number of nitrogens with one attached hydrogen (secondary N) is 2. The predicted molar refractivity (Wildman–Crippen MR) is 132 cm³/mol. The molecule has 0 atom stereocenters. The number of nitrogens with zero attached hydrogens (tertiary/aromatic N) is 3. The molecule has 2 aliphatic heterocycles. The summed E-state index contributed by atoms with van der Waals surface area (Å²) in [5.74, 6) is 0.860. The van der Waals surface area contributed by atoms with E-state index < -0.39 is 0 Å². The fraction of sp³-hybridized carbons (Fsp3) is 0.714. The molecule has 0 aliphatic carbocycles. The molecule has 29 heavy (non-hydrogen) atoms. The van der Waals surface area contributed by atoms with Crippen LogP contribution < -0.4 is 10.6 Å². The van der Waals surface area contributed by atoms with Crippen LogP contribution in [-0.4, -0.2) is 67.5 Å². The summed E-state index contributed by atoms with van der Waals surface area (Å²) in [6, 6.07) is 2.14. The molecule has 0 saturated carbocycles. The van der Waals surface area contributed by atoms with Crippen molar-refractivity contribution in [2.24, 2.45) is 4.99 Å². The number of likely N-dealkylation sites (tertiary alicyclic amines) is 1. The maximum absolute atomic E-state index is 12.6. The van der Waals surface area contributed by atoms with E-state index in [0.717, 1.165) is 51.5 Å². The Balaban J connectivity index is 0.00000300. The minimum atomic E-state index is 0. The molecule has 0 radical (unpaired) electrons. The van der Waals surface area contributed by atoms with Crippen molar-refractivity contribution in [3.8, 4) is 0 Å². The van der Waals surface area contributed by atoms with Crippen LogP contribution in [0.25, 0.3) is 0 Å². The van der Waals surface area contributed by atoms with Crippen molar-refractivity contribution in [3.05, 3.63) is 21.9 Å². The van der Waals surface area contributed by atoms with Gasteiger partial charge in [0.2, 0.25) is 5.91 Å². The Morgan fingerprint density at radius 2 is 1.97 bits per heavy atom. The van der Waals surface area contributed by atoms with E-state index in [4.69, 9.17) is 0 Å². The maximum atomic E-state index is 12.6. The summed E-state index contributed by atoms with van der Waals surface area (Å²) in [7, 11) is 0. The average molecular weight is 534 g/mol. The smallest absolute Gasteiger partial charge is 0.244 e. The summed E-state index contributed by atoms with van der Waals surface area (Å²) >= 11 is 1.80. The second kappa shape index (κ2) is 13.4. The fourth-order valence-electron chi connectivity index (χ4n) is 3.92. The van der Waals surface area contributed by atoms with Crippen LogP contribution in [-0.2, 0) is 17.8 Å². The second-order valence-electron chi connectivity index (χ2n) is 7.67. The number of hydrogen-bond donors (Lipinski definition) is 2. The van der Waals surface area contributed by atoms with Gasteiger partial charge in [0.05, 0.1) is 0 Å². The zero-order valence-electron chi connectivity index (χ0n) is 17.6. The summed E-state index contributed by atoms with van der Waals surface area (Å²) in [5, 5.41) is 8.77. The van der Waals surface area contributed by atoms with Crippen LogP contribution in [0.1, 0.15) is 49.5 Å². The minimum Gasteiger partial charge on any atom is -0.357 e. The van der Waals surface area contributed by atoms with Crippen LogP contribution in [0.3, 0.4) is 0 Å². The van der Waals surface area contributed by atoms with Crippen molar-refractivity contribution in [1.82, 2.24) is 20.4 Å². The molecule has 1 aromatic heterocycles. The third kappa shape index (κ3) is 8.05. The van der Waals surface area contributed by atoms with Crippen molar-refractivity contribution < 1.29 is 4.79 Å². The lowest BCUT2D eigenvalue weighted by atomic mass is 10.1. The van der Waals surface area contributed by atoms with Crippen LogP contribution in [0.2, 0.25) is 0 Å². The molecule has 0 spiro atoms. The van der Waals surface area contributed by atoms with Gasteiger partial charge in [-0.15, -0.1) is 35.3 Å². The molecule has 1 aromatic rings. The predicted octanol–water partition coefficient (Wildman–Crippen LogP) is 3.07. The van der Waals surface area contributed by atoms with E-state index in [1.807, 2.05) is 4.90 Å². The number of carbonyl (C=O) groups excluding carboxylic acids is 1. The van der Waals surface area contributed by atoms with E-state index in [2.05, 4.69) is 38.9 Å². The van der Waals surface area contributed by atoms with Crippen LogP contribution in [0.5, 0.6) is 0 Å². The van der Waals surface area contributed by atoms with Gasteiger partial charge in [0.1, 0.15) is 6.54 Å². The molecule has 164 valence electrons. The molecule has 2 aliphatic rings. The molecule has 3 heterocycles. The Kier molecular flexibility index (Phi) is 11.3. The first kappa shape index (κ1) is 24.4. The van der Waals surface area contributed by atoms with Crippen molar-refractivity contribution in [3.63, 3.8) is 0 Å². The van der Waals surface area contributed by atoms with Crippen molar-refractivity contribution in [2.75, 3.05) is 45.8 Å².